The molecule has 1 saturated heterocycles. The van der Waals surface area contributed by atoms with Crippen molar-refractivity contribution >= 4 is 23.3 Å². The highest BCUT2D eigenvalue weighted by Gasteiger charge is 2.44. The Labute approximate surface area is 195 Å². The number of benzene rings is 1. The number of aromatic nitrogens is 3. The molecule has 2 aliphatic rings. The number of hydrogen-bond acceptors (Lipinski definition) is 5. The van der Waals surface area contributed by atoms with E-state index >= 15 is 0 Å². The molecule has 0 aliphatic carbocycles. The highest BCUT2D eigenvalue weighted by atomic mass is 35.5. The molecule has 0 unspecified atom stereocenters. The van der Waals surface area contributed by atoms with Gasteiger partial charge in [-0.2, -0.15) is 13.9 Å². The van der Waals surface area contributed by atoms with Crippen molar-refractivity contribution in [2.75, 3.05) is 5.32 Å². The third-order valence-electron chi connectivity index (χ3n) is 5.98. The predicted molar refractivity (Wildman–Crippen MR) is 116 cm³/mol. The van der Waals surface area contributed by atoms with E-state index in [1.807, 2.05) is 0 Å². The van der Waals surface area contributed by atoms with Gasteiger partial charge in [0.15, 0.2) is 0 Å². The average molecular weight is 492 g/mol. The third-order valence-corrected chi connectivity index (χ3v) is 6.30. The van der Waals surface area contributed by atoms with Gasteiger partial charge >= 0.3 is 12.6 Å². The van der Waals surface area contributed by atoms with Gasteiger partial charge < -0.3 is 15.0 Å². The summed E-state index contributed by atoms with van der Waals surface area (Å²) in [5, 5.41) is 9.25. The van der Waals surface area contributed by atoms with Crippen LogP contribution in [0.3, 0.4) is 0 Å². The Morgan fingerprint density at radius 3 is 2.82 bits per heavy atom. The Hall–Kier alpha value is -3.60. The number of fused-ring (bicyclic) bond motifs is 4. The number of rotatable bonds is 4. The van der Waals surface area contributed by atoms with E-state index in [1.54, 1.807) is 4.90 Å². The van der Waals surface area contributed by atoms with Crippen molar-refractivity contribution in [1.82, 2.24) is 20.1 Å². The number of pyridine rings is 1. The summed E-state index contributed by atoms with van der Waals surface area (Å²) in [6, 6.07) is 5.62. The van der Waals surface area contributed by atoms with E-state index in [4.69, 9.17) is 11.6 Å². The summed E-state index contributed by atoms with van der Waals surface area (Å²) >= 11 is 6.33. The number of urea groups is 1. The van der Waals surface area contributed by atoms with Crippen LogP contribution in [0.5, 0.6) is 5.88 Å². The molecule has 0 spiro atoms. The first-order chi connectivity index (χ1) is 16.3. The second-order valence-electron chi connectivity index (χ2n) is 8.01. The number of ether oxygens (including phenoxy) is 1. The van der Waals surface area contributed by atoms with Gasteiger partial charge in [-0.3, -0.25) is 4.79 Å². The number of H-pyrrole nitrogens is 1. The van der Waals surface area contributed by atoms with Crippen molar-refractivity contribution in [3.05, 3.63) is 69.0 Å². The Balaban J connectivity index is 1.36. The van der Waals surface area contributed by atoms with Crippen LogP contribution in [-0.4, -0.2) is 38.8 Å². The van der Waals surface area contributed by atoms with E-state index in [2.05, 4.69) is 25.2 Å². The number of aromatic amines is 1. The number of halogens is 4. The van der Waals surface area contributed by atoms with E-state index in [-0.39, 0.29) is 39.8 Å². The number of anilines is 1. The number of alkyl halides is 2. The molecule has 12 heteroatoms. The smallest absolute Gasteiger partial charge is 0.388 e. The number of carbonyl (C=O) groups is 1. The molecule has 1 aromatic carbocycles. The maximum Gasteiger partial charge on any atom is 0.388 e. The number of hydrogen-bond donors (Lipinski definition) is 2. The number of nitrogens with zero attached hydrogens (tertiary/aromatic N) is 3. The van der Waals surface area contributed by atoms with Gasteiger partial charge in [0.05, 0.1) is 22.4 Å². The standard InChI is InChI=1S/C22H17ClF3N5O3/c23-14-8-16(15(24)7-13(14)10-1-4-19(27-9-10)34-21(25)26)28-22(33)31-12-2-3-17(31)20-11(5-12)6-18(32)29-30-20/h1,4,6-9,12,17,21H,2-3,5H2,(H,28,33)(H,29,32)/t12-,17+/m0/s1. The Kier molecular flexibility index (Phi) is 5.64. The first-order valence-corrected chi connectivity index (χ1v) is 10.8. The molecule has 176 valence electrons. The lowest BCUT2D eigenvalue weighted by Crippen LogP contribution is -2.45. The van der Waals surface area contributed by atoms with Crippen LogP contribution < -0.4 is 15.6 Å². The molecular formula is C22H17ClF3N5O3. The second kappa shape index (κ2) is 8.64. The molecule has 8 nitrogen and oxygen atoms in total. The highest BCUT2D eigenvalue weighted by molar-refractivity contribution is 6.33. The van der Waals surface area contributed by atoms with Crippen LogP contribution in [0.15, 0.2) is 41.3 Å². The first kappa shape index (κ1) is 22.2. The maximum absolute atomic E-state index is 14.9. The minimum Gasteiger partial charge on any atom is -0.417 e. The molecule has 2 amide bonds. The molecule has 2 aromatic heterocycles. The molecule has 2 atom stereocenters. The average Bonchev–Trinajstić information content (AvgIpc) is 3.11. The van der Waals surface area contributed by atoms with Gasteiger partial charge in [-0.1, -0.05) is 11.6 Å². The summed E-state index contributed by atoms with van der Waals surface area (Å²) in [7, 11) is 0. The van der Waals surface area contributed by atoms with Gasteiger partial charge in [0.2, 0.25) is 5.88 Å². The van der Waals surface area contributed by atoms with Gasteiger partial charge in [0.25, 0.3) is 5.56 Å². The van der Waals surface area contributed by atoms with Crippen molar-refractivity contribution < 1.29 is 22.7 Å². The molecule has 2 aliphatic heterocycles. The zero-order valence-electron chi connectivity index (χ0n) is 17.4. The van der Waals surface area contributed by atoms with Gasteiger partial charge in [-0.15, -0.1) is 0 Å². The topological polar surface area (TPSA) is 100 Å². The van der Waals surface area contributed by atoms with Crippen molar-refractivity contribution in [3.8, 4) is 17.0 Å². The Bertz CT molecular complexity index is 1320. The molecule has 2 N–H and O–H groups in total. The van der Waals surface area contributed by atoms with Crippen molar-refractivity contribution in [2.45, 2.75) is 38.0 Å². The number of nitrogens with one attached hydrogen (secondary N) is 2. The molecule has 2 bridgehead atoms. The molecule has 0 saturated carbocycles. The van der Waals surface area contributed by atoms with Crippen LogP contribution in [0.4, 0.5) is 23.7 Å². The Morgan fingerprint density at radius 2 is 2.09 bits per heavy atom. The lowest BCUT2D eigenvalue weighted by atomic mass is 9.99. The maximum atomic E-state index is 14.9. The fourth-order valence-corrected chi connectivity index (χ4v) is 4.83. The summed E-state index contributed by atoms with van der Waals surface area (Å²) < 4.78 is 43.7. The van der Waals surface area contributed by atoms with E-state index in [1.165, 1.54) is 30.5 Å². The van der Waals surface area contributed by atoms with Gasteiger partial charge in [0.1, 0.15) is 5.82 Å². The summed E-state index contributed by atoms with van der Waals surface area (Å²) in [5.74, 6) is -1.01. The van der Waals surface area contributed by atoms with Crippen LogP contribution in [0.25, 0.3) is 11.1 Å². The third kappa shape index (κ3) is 4.07. The van der Waals surface area contributed by atoms with Crippen LogP contribution >= 0.6 is 11.6 Å². The lowest BCUT2D eigenvalue weighted by Gasteiger charge is -2.35. The van der Waals surface area contributed by atoms with Crippen LogP contribution in [0.2, 0.25) is 5.02 Å². The van der Waals surface area contributed by atoms with Crippen molar-refractivity contribution in [1.29, 1.82) is 0 Å². The fourth-order valence-electron chi connectivity index (χ4n) is 4.56. The van der Waals surface area contributed by atoms with Gasteiger partial charge in [-0.25, -0.2) is 19.3 Å². The number of carbonyl (C=O) groups excluding carboxylic acids is 1. The van der Waals surface area contributed by atoms with Gasteiger partial charge in [-0.05, 0) is 43.0 Å². The van der Waals surface area contributed by atoms with Crippen LogP contribution in [-0.2, 0) is 6.42 Å². The van der Waals surface area contributed by atoms with Crippen molar-refractivity contribution in [3.63, 3.8) is 0 Å². The van der Waals surface area contributed by atoms with E-state index < -0.39 is 18.5 Å². The Morgan fingerprint density at radius 1 is 1.26 bits per heavy atom. The predicted octanol–water partition coefficient (Wildman–Crippen LogP) is 4.52. The van der Waals surface area contributed by atoms with E-state index in [9.17, 15) is 22.8 Å². The van der Waals surface area contributed by atoms with Crippen LogP contribution in [0.1, 0.15) is 30.1 Å². The molecule has 3 aromatic rings. The lowest BCUT2D eigenvalue weighted by molar-refractivity contribution is -0.0528. The largest absolute Gasteiger partial charge is 0.417 e. The molecule has 1 fully saturated rings. The van der Waals surface area contributed by atoms with Crippen molar-refractivity contribution in [2.24, 2.45) is 0 Å². The summed E-state index contributed by atoms with van der Waals surface area (Å²) in [6.07, 6.45) is 3.15. The summed E-state index contributed by atoms with van der Waals surface area (Å²) in [5.41, 5.74) is 1.72. The summed E-state index contributed by atoms with van der Waals surface area (Å²) in [4.78, 5) is 30.0. The quantitative estimate of drug-likeness (QED) is 0.559. The summed E-state index contributed by atoms with van der Waals surface area (Å²) in [6.45, 7) is -3.01. The van der Waals surface area contributed by atoms with E-state index in [0.717, 1.165) is 18.1 Å². The normalized spacial score (nSPS) is 18.7. The first-order valence-electron chi connectivity index (χ1n) is 10.4. The SMILES string of the molecule is O=C(Nc1cc(Cl)c(-c2ccc(OC(F)F)nc2)cc1F)N1[C@H]2CC[C@@H]1c1n[nH]c(=O)cc1C2. The molecule has 5 rings (SSSR count). The zero-order valence-corrected chi connectivity index (χ0v) is 18.2. The van der Waals surface area contributed by atoms with E-state index in [0.29, 0.717) is 24.1 Å². The molecular weight excluding hydrogens is 475 g/mol. The minimum atomic E-state index is -3.01. The van der Waals surface area contributed by atoms with Gasteiger partial charge in [0, 0.05) is 35.5 Å². The highest BCUT2D eigenvalue weighted by Crippen LogP contribution is 2.42. The minimum absolute atomic E-state index is 0.107. The fraction of sp³-hybridized carbons (Fsp3) is 0.273. The molecule has 0 radical (unpaired) electrons. The molecule has 4 heterocycles. The van der Waals surface area contributed by atoms with Crippen LogP contribution in [0, 0.1) is 5.82 Å². The second-order valence-corrected chi connectivity index (χ2v) is 8.41. The molecule has 34 heavy (non-hydrogen) atoms. The zero-order chi connectivity index (χ0) is 24.0. The monoisotopic (exact) mass is 491 g/mol. The number of amides is 2.